The van der Waals surface area contributed by atoms with Gasteiger partial charge in [-0.25, -0.2) is 0 Å². The highest BCUT2D eigenvalue weighted by atomic mass is 16.3. The molecule has 0 saturated carbocycles. The SMILES string of the molecule is CCCCC/C=C\CCCCCCC(O)C(=O)NC(CO)C(O)C(O)CCC/C=C/CCCCCCC. The number of allylic oxidation sites excluding steroid dienone is 4. The molecular weight excluding hydrogens is 466 g/mol. The third-order valence-electron chi connectivity index (χ3n) is 6.88. The zero-order chi connectivity index (χ0) is 27.6. The van der Waals surface area contributed by atoms with Crippen LogP contribution in [-0.2, 0) is 4.79 Å². The molecule has 0 heterocycles. The normalized spacial score (nSPS) is 15.3. The summed E-state index contributed by atoms with van der Waals surface area (Å²) in [5, 5.41) is 43.0. The molecule has 5 N–H and O–H groups in total. The largest absolute Gasteiger partial charge is 0.394 e. The van der Waals surface area contributed by atoms with Crippen molar-refractivity contribution in [1.82, 2.24) is 5.32 Å². The molecule has 218 valence electrons. The number of hydrogen-bond donors (Lipinski definition) is 5. The Hall–Kier alpha value is -1.21. The van der Waals surface area contributed by atoms with Gasteiger partial charge in [-0.05, 0) is 64.2 Å². The van der Waals surface area contributed by atoms with Crippen molar-refractivity contribution in [2.75, 3.05) is 6.61 Å². The lowest BCUT2D eigenvalue weighted by Gasteiger charge is -2.27. The van der Waals surface area contributed by atoms with Crippen molar-refractivity contribution in [2.45, 2.75) is 160 Å². The van der Waals surface area contributed by atoms with Crippen LogP contribution in [-0.4, -0.2) is 57.3 Å². The maximum atomic E-state index is 12.3. The molecule has 37 heavy (non-hydrogen) atoms. The molecule has 0 aliphatic heterocycles. The molecule has 1 amide bonds. The van der Waals surface area contributed by atoms with Crippen LogP contribution in [0, 0.1) is 0 Å². The highest BCUT2D eigenvalue weighted by molar-refractivity contribution is 5.80. The first-order valence-corrected chi connectivity index (χ1v) is 15.2. The summed E-state index contributed by atoms with van der Waals surface area (Å²) >= 11 is 0. The number of amides is 1. The van der Waals surface area contributed by atoms with Crippen molar-refractivity contribution < 1.29 is 25.2 Å². The summed E-state index contributed by atoms with van der Waals surface area (Å²) in [5.74, 6) is -0.609. The average Bonchev–Trinajstić information content (AvgIpc) is 2.90. The molecule has 0 radical (unpaired) electrons. The summed E-state index contributed by atoms with van der Waals surface area (Å²) in [6.07, 6.45) is 24.9. The van der Waals surface area contributed by atoms with Gasteiger partial charge in [-0.3, -0.25) is 4.79 Å². The Bertz CT molecular complexity index is 566. The lowest BCUT2D eigenvalue weighted by Crippen LogP contribution is -2.53. The first-order chi connectivity index (χ1) is 18.0. The van der Waals surface area contributed by atoms with E-state index < -0.39 is 36.9 Å². The summed E-state index contributed by atoms with van der Waals surface area (Å²) < 4.78 is 0. The van der Waals surface area contributed by atoms with E-state index in [1.807, 2.05) is 0 Å². The van der Waals surface area contributed by atoms with Gasteiger partial charge in [-0.15, -0.1) is 0 Å². The fourth-order valence-corrected chi connectivity index (χ4v) is 4.34. The molecule has 0 aromatic heterocycles. The Balaban J connectivity index is 4.00. The number of unbranched alkanes of at least 4 members (excludes halogenated alkanes) is 13. The van der Waals surface area contributed by atoms with Crippen LogP contribution in [0.15, 0.2) is 24.3 Å². The Morgan fingerprint density at radius 2 is 1.11 bits per heavy atom. The van der Waals surface area contributed by atoms with Crippen LogP contribution < -0.4 is 5.32 Å². The van der Waals surface area contributed by atoms with Gasteiger partial charge in [0, 0.05) is 0 Å². The maximum absolute atomic E-state index is 12.3. The van der Waals surface area contributed by atoms with Crippen LogP contribution in [0.4, 0.5) is 0 Å². The second-order valence-corrected chi connectivity index (χ2v) is 10.4. The number of aliphatic hydroxyl groups excluding tert-OH is 4. The van der Waals surface area contributed by atoms with Gasteiger partial charge in [0.2, 0.25) is 5.91 Å². The number of nitrogens with one attached hydrogen (secondary N) is 1. The van der Waals surface area contributed by atoms with Crippen LogP contribution in [0.2, 0.25) is 0 Å². The standard InChI is InChI=1S/C31H59NO5/c1-3-5-7-9-11-13-15-17-19-21-23-25-29(35)31(37)32-27(26-33)30(36)28(34)24-22-20-18-16-14-12-10-8-6-4-2/h11,13,16,18,27-30,33-36H,3-10,12,14-15,17,19-26H2,1-2H3,(H,32,37)/b13-11-,18-16+. The zero-order valence-electron chi connectivity index (χ0n) is 24.0. The van der Waals surface area contributed by atoms with Crippen LogP contribution in [0.5, 0.6) is 0 Å². The van der Waals surface area contributed by atoms with Crippen molar-refractivity contribution in [3.63, 3.8) is 0 Å². The number of carbonyl (C=O) groups is 1. The smallest absolute Gasteiger partial charge is 0.249 e. The lowest BCUT2D eigenvalue weighted by molar-refractivity contribution is -0.132. The minimum absolute atomic E-state index is 0.348. The molecule has 6 heteroatoms. The summed E-state index contributed by atoms with van der Waals surface area (Å²) in [4.78, 5) is 12.3. The second kappa shape index (κ2) is 26.4. The quantitative estimate of drug-likeness (QED) is 0.0691. The van der Waals surface area contributed by atoms with E-state index in [1.165, 1.54) is 51.4 Å². The maximum Gasteiger partial charge on any atom is 0.249 e. The Labute approximate surface area is 227 Å². The Kier molecular flexibility index (Phi) is 25.5. The summed E-state index contributed by atoms with van der Waals surface area (Å²) in [5.41, 5.74) is 0. The number of carbonyl (C=O) groups excluding carboxylic acids is 1. The van der Waals surface area contributed by atoms with E-state index >= 15 is 0 Å². The molecule has 0 rings (SSSR count). The predicted molar refractivity (Wildman–Crippen MR) is 154 cm³/mol. The van der Waals surface area contributed by atoms with Crippen molar-refractivity contribution >= 4 is 5.91 Å². The fourth-order valence-electron chi connectivity index (χ4n) is 4.34. The van der Waals surface area contributed by atoms with Gasteiger partial charge in [-0.2, -0.15) is 0 Å². The molecule has 0 saturated heterocycles. The van der Waals surface area contributed by atoms with Crippen molar-refractivity contribution in [1.29, 1.82) is 0 Å². The summed E-state index contributed by atoms with van der Waals surface area (Å²) in [6, 6.07) is -1.00. The van der Waals surface area contributed by atoms with Gasteiger partial charge in [0.05, 0.1) is 18.8 Å². The molecule has 0 aromatic carbocycles. The van der Waals surface area contributed by atoms with Gasteiger partial charge in [0.1, 0.15) is 12.2 Å². The molecule has 0 spiro atoms. The van der Waals surface area contributed by atoms with E-state index in [9.17, 15) is 25.2 Å². The summed E-state index contributed by atoms with van der Waals surface area (Å²) in [6.45, 7) is 3.92. The van der Waals surface area contributed by atoms with Crippen molar-refractivity contribution in [2.24, 2.45) is 0 Å². The minimum atomic E-state index is -1.28. The van der Waals surface area contributed by atoms with Crippen LogP contribution in [0.1, 0.15) is 136 Å². The lowest BCUT2D eigenvalue weighted by atomic mass is 10.00. The zero-order valence-corrected chi connectivity index (χ0v) is 24.0. The number of aliphatic hydroxyl groups is 4. The molecule has 4 atom stereocenters. The van der Waals surface area contributed by atoms with Crippen molar-refractivity contribution in [3.8, 4) is 0 Å². The van der Waals surface area contributed by atoms with E-state index in [1.54, 1.807) is 0 Å². The molecular formula is C31H59NO5. The first-order valence-electron chi connectivity index (χ1n) is 15.2. The second-order valence-electron chi connectivity index (χ2n) is 10.4. The molecule has 6 nitrogen and oxygen atoms in total. The highest BCUT2D eigenvalue weighted by Gasteiger charge is 2.28. The summed E-state index contributed by atoms with van der Waals surface area (Å²) in [7, 11) is 0. The van der Waals surface area contributed by atoms with Gasteiger partial charge in [-0.1, -0.05) is 95.9 Å². The Morgan fingerprint density at radius 1 is 0.649 bits per heavy atom. The van der Waals surface area contributed by atoms with E-state index in [2.05, 4.69) is 43.5 Å². The average molecular weight is 526 g/mol. The molecule has 0 aliphatic rings. The minimum Gasteiger partial charge on any atom is -0.394 e. The van der Waals surface area contributed by atoms with Crippen LogP contribution >= 0.6 is 0 Å². The monoisotopic (exact) mass is 525 g/mol. The molecule has 0 fully saturated rings. The Morgan fingerprint density at radius 3 is 1.65 bits per heavy atom. The highest BCUT2D eigenvalue weighted by Crippen LogP contribution is 2.12. The van der Waals surface area contributed by atoms with Crippen LogP contribution in [0.3, 0.4) is 0 Å². The van der Waals surface area contributed by atoms with Gasteiger partial charge >= 0.3 is 0 Å². The molecule has 0 bridgehead atoms. The topological polar surface area (TPSA) is 110 Å². The van der Waals surface area contributed by atoms with Crippen molar-refractivity contribution in [3.05, 3.63) is 24.3 Å². The van der Waals surface area contributed by atoms with E-state index in [-0.39, 0.29) is 0 Å². The number of hydrogen-bond acceptors (Lipinski definition) is 5. The molecule has 0 aromatic rings. The van der Waals surface area contributed by atoms with E-state index in [0.717, 1.165) is 51.4 Å². The van der Waals surface area contributed by atoms with E-state index in [0.29, 0.717) is 19.3 Å². The predicted octanol–water partition coefficient (Wildman–Crippen LogP) is 6.11. The van der Waals surface area contributed by atoms with Gasteiger partial charge in [0.25, 0.3) is 0 Å². The fraction of sp³-hybridized carbons (Fsp3) is 0.839. The molecule has 4 unspecified atom stereocenters. The van der Waals surface area contributed by atoms with Crippen LogP contribution in [0.25, 0.3) is 0 Å². The third kappa shape index (κ3) is 21.4. The third-order valence-corrected chi connectivity index (χ3v) is 6.88. The first kappa shape index (κ1) is 35.8. The number of rotatable bonds is 26. The van der Waals surface area contributed by atoms with E-state index in [4.69, 9.17) is 0 Å². The molecule has 0 aliphatic carbocycles. The van der Waals surface area contributed by atoms with Gasteiger partial charge in [0.15, 0.2) is 0 Å². The van der Waals surface area contributed by atoms with Gasteiger partial charge < -0.3 is 25.7 Å².